The lowest BCUT2D eigenvalue weighted by Gasteiger charge is -2.16. The van der Waals surface area contributed by atoms with E-state index in [0.717, 1.165) is 11.8 Å². The van der Waals surface area contributed by atoms with E-state index < -0.39 is 40.3 Å². The zero-order valence-electron chi connectivity index (χ0n) is 16.0. The summed E-state index contributed by atoms with van der Waals surface area (Å²) >= 11 is 0. The van der Waals surface area contributed by atoms with Crippen molar-refractivity contribution in [3.05, 3.63) is 65.7 Å². The van der Waals surface area contributed by atoms with E-state index in [4.69, 9.17) is 9.47 Å². The van der Waals surface area contributed by atoms with Crippen molar-refractivity contribution < 1.29 is 32.3 Å². The lowest BCUT2D eigenvalue weighted by atomic mass is 10.1. The Morgan fingerprint density at radius 3 is 2.17 bits per heavy atom. The number of amides is 1. The summed E-state index contributed by atoms with van der Waals surface area (Å²) < 4.78 is 32.5. The van der Waals surface area contributed by atoms with Crippen LogP contribution < -0.4 is 5.32 Å². The van der Waals surface area contributed by atoms with Crippen LogP contribution in [0, 0.1) is 0 Å². The fourth-order valence-corrected chi connectivity index (χ4v) is 3.10. The van der Waals surface area contributed by atoms with E-state index >= 15 is 0 Å². The van der Waals surface area contributed by atoms with Crippen LogP contribution in [0.25, 0.3) is 0 Å². The average Bonchev–Trinajstić information content (AvgIpc) is 2.71. The third-order valence-electron chi connectivity index (χ3n) is 3.96. The Morgan fingerprint density at radius 1 is 1.00 bits per heavy atom. The van der Waals surface area contributed by atoms with Crippen molar-refractivity contribution in [1.29, 1.82) is 0 Å². The fraction of sp³-hybridized carbons (Fsp3) is 0.250. The molecule has 2 aromatic rings. The number of hydrogen-bond acceptors (Lipinski definition) is 7. The zero-order chi connectivity index (χ0) is 21.4. The highest BCUT2D eigenvalue weighted by atomic mass is 32.2. The zero-order valence-corrected chi connectivity index (χ0v) is 16.8. The molecule has 8 nitrogen and oxygen atoms in total. The molecule has 2 rings (SSSR count). The number of carbonyl (C=O) groups excluding carboxylic acids is 3. The first kappa shape index (κ1) is 22.1. The second kappa shape index (κ2) is 9.83. The van der Waals surface area contributed by atoms with Crippen LogP contribution in [0.1, 0.15) is 15.9 Å². The van der Waals surface area contributed by atoms with E-state index in [-0.39, 0.29) is 16.9 Å². The van der Waals surface area contributed by atoms with Gasteiger partial charge in [-0.2, -0.15) is 0 Å². The van der Waals surface area contributed by atoms with Gasteiger partial charge in [0.2, 0.25) is 0 Å². The van der Waals surface area contributed by atoms with Crippen LogP contribution in [-0.4, -0.2) is 52.3 Å². The Bertz CT molecular complexity index is 970. The average molecular weight is 419 g/mol. The standard InChI is InChI=1S/C20H21NO7S/c1-27-20(24)17(12-14-6-4-3-5-7-14)21-18(22)13-28-19(23)15-8-10-16(11-9-15)29(2,25)26/h3-11,17H,12-13H2,1-2H3,(H,21,22)/t17-/m1/s1. The van der Waals surface area contributed by atoms with E-state index in [0.29, 0.717) is 0 Å². The van der Waals surface area contributed by atoms with Crippen LogP contribution in [0.4, 0.5) is 0 Å². The maximum absolute atomic E-state index is 12.1. The number of esters is 2. The number of rotatable bonds is 8. The van der Waals surface area contributed by atoms with Gasteiger partial charge >= 0.3 is 11.9 Å². The van der Waals surface area contributed by atoms with Crippen molar-refractivity contribution in [2.24, 2.45) is 0 Å². The van der Waals surface area contributed by atoms with Crippen LogP contribution in [0.3, 0.4) is 0 Å². The molecular formula is C20H21NO7S. The third-order valence-corrected chi connectivity index (χ3v) is 5.08. The first-order valence-corrected chi connectivity index (χ1v) is 10.5. The maximum atomic E-state index is 12.1. The van der Waals surface area contributed by atoms with E-state index in [2.05, 4.69) is 5.32 Å². The number of carbonyl (C=O) groups is 3. The van der Waals surface area contributed by atoms with Crippen LogP contribution in [0.2, 0.25) is 0 Å². The number of methoxy groups -OCH3 is 1. The number of hydrogen-bond donors (Lipinski definition) is 1. The fourth-order valence-electron chi connectivity index (χ4n) is 2.47. The Morgan fingerprint density at radius 2 is 1.62 bits per heavy atom. The summed E-state index contributed by atoms with van der Waals surface area (Å²) in [5.41, 5.74) is 0.921. The molecule has 0 saturated heterocycles. The molecule has 0 aliphatic rings. The third kappa shape index (κ3) is 6.72. The molecule has 0 aliphatic heterocycles. The Labute approximate surface area is 168 Å². The summed E-state index contributed by atoms with van der Waals surface area (Å²) in [5.74, 6) is -2.08. The predicted molar refractivity (Wildman–Crippen MR) is 104 cm³/mol. The summed E-state index contributed by atoms with van der Waals surface area (Å²) in [6.45, 7) is -0.602. The predicted octanol–water partition coefficient (Wildman–Crippen LogP) is 1.15. The number of nitrogens with one attached hydrogen (secondary N) is 1. The summed E-state index contributed by atoms with van der Waals surface area (Å²) in [5, 5.41) is 2.48. The molecule has 0 unspecified atom stereocenters. The first-order chi connectivity index (χ1) is 13.7. The molecule has 0 bridgehead atoms. The lowest BCUT2D eigenvalue weighted by molar-refractivity contribution is -0.145. The van der Waals surface area contributed by atoms with Gasteiger partial charge in [0.25, 0.3) is 5.91 Å². The van der Waals surface area contributed by atoms with Crippen LogP contribution in [0.15, 0.2) is 59.5 Å². The molecule has 0 heterocycles. The van der Waals surface area contributed by atoms with E-state index in [1.807, 2.05) is 30.3 Å². The van der Waals surface area contributed by atoms with Gasteiger partial charge in [-0.05, 0) is 29.8 Å². The van der Waals surface area contributed by atoms with Gasteiger partial charge in [-0.15, -0.1) is 0 Å². The summed E-state index contributed by atoms with van der Waals surface area (Å²) in [7, 11) is -2.17. The molecule has 9 heteroatoms. The highest BCUT2D eigenvalue weighted by molar-refractivity contribution is 7.90. The number of benzene rings is 2. The van der Waals surface area contributed by atoms with Crippen LogP contribution >= 0.6 is 0 Å². The van der Waals surface area contributed by atoms with Gasteiger partial charge in [-0.3, -0.25) is 4.79 Å². The van der Waals surface area contributed by atoms with Crippen molar-refractivity contribution in [3.63, 3.8) is 0 Å². The summed E-state index contributed by atoms with van der Waals surface area (Å²) in [6.07, 6.45) is 1.28. The van der Waals surface area contributed by atoms with Gasteiger partial charge in [0.1, 0.15) is 6.04 Å². The smallest absolute Gasteiger partial charge is 0.338 e. The van der Waals surface area contributed by atoms with E-state index in [1.54, 1.807) is 0 Å². The minimum Gasteiger partial charge on any atom is -0.467 e. The van der Waals surface area contributed by atoms with Crippen molar-refractivity contribution in [3.8, 4) is 0 Å². The molecule has 29 heavy (non-hydrogen) atoms. The molecule has 0 saturated carbocycles. The van der Waals surface area contributed by atoms with Gasteiger partial charge in [-0.25, -0.2) is 18.0 Å². The van der Waals surface area contributed by atoms with E-state index in [1.165, 1.54) is 31.4 Å². The quantitative estimate of drug-likeness (QED) is 0.638. The molecule has 1 N–H and O–H groups in total. The minimum absolute atomic E-state index is 0.0635. The number of ether oxygens (including phenoxy) is 2. The molecule has 0 aliphatic carbocycles. The van der Waals surface area contributed by atoms with Gasteiger partial charge in [0.05, 0.1) is 17.6 Å². The van der Waals surface area contributed by atoms with Crippen LogP contribution in [0.5, 0.6) is 0 Å². The van der Waals surface area contributed by atoms with Gasteiger partial charge in [0, 0.05) is 12.7 Å². The Kier molecular flexibility index (Phi) is 7.49. The molecule has 0 radical (unpaired) electrons. The topological polar surface area (TPSA) is 116 Å². The highest BCUT2D eigenvalue weighted by Gasteiger charge is 2.22. The number of sulfone groups is 1. The lowest BCUT2D eigenvalue weighted by Crippen LogP contribution is -2.44. The Balaban J connectivity index is 1.94. The molecule has 1 atom stereocenters. The molecular weight excluding hydrogens is 398 g/mol. The van der Waals surface area contributed by atoms with Gasteiger partial charge in [0.15, 0.2) is 16.4 Å². The molecule has 2 aromatic carbocycles. The molecule has 154 valence electrons. The van der Waals surface area contributed by atoms with Crippen molar-refractivity contribution in [2.75, 3.05) is 20.0 Å². The van der Waals surface area contributed by atoms with Gasteiger partial charge < -0.3 is 14.8 Å². The SMILES string of the molecule is COC(=O)[C@@H](Cc1ccccc1)NC(=O)COC(=O)c1ccc(S(C)(=O)=O)cc1. The van der Waals surface area contributed by atoms with Crippen LogP contribution in [-0.2, 0) is 35.3 Å². The molecule has 0 aromatic heterocycles. The van der Waals surface area contributed by atoms with Crippen molar-refractivity contribution in [1.82, 2.24) is 5.32 Å². The van der Waals surface area contributed by atoms with Gasteiger partial charge in [-0.1, -0.05) is 30.3 Å². The van der Waals surface area contributed by atoms with E-state index in [9.17, 15) is 22.8 Å². The molecule has 1 amide bonds. The normalized spacial score (nSPS) is 11.9. The van der Waals surface area contributed by atoms with Crippen molar-refractivity contribution in [2.45, 2.75) is 17.4 Å². The monoisotopic (exact) mass is 419 g/mol. The minimum atomic E-state index is -3.38. The molecule has 0 fully saturated rings. The van der Waals surface area contributed by atoms with Crippen molar-refractivity contribution >= 4 is 27.7 Å². The molecule has 0 spiro atoms. The first-order valence-electron chi connectivity index (χ1n) is 8.59. The summed E-state index contributed by atoms with van der Waals surface area (Å²) in [4.78, 5) is 36.1. The largest absolute Gasteiger partial charge is 0.467 e. The maximum Gasteiger partial charge on any atom is 0.338 e. The summed E-state index contributed by atoms with van der Waals surface area (Å²) in [6, 6.07) is 13.3. The second-order valence-corrected chi connectivity index (χ2v) is 8.22. The highest BCUT2D eigenvalue weighted by Crippen LogP contribution is 2.11. The second-order valence-electron chi connectivity index (χ2n) is 6.21. The Hall–Kier alpha value is -3.20.